The fourth-order valence-corrected chi connectivity index (χ4v) is 3.52. The van der Waals surface area contributed by atoms with Crippen LogP contribution in [-0.4, -0.2) is 25.7 Å². The molecule has 164 valence electrons. The highest BCUT2D eigenvalue weighted by molar-refractivity contribution is 6.33. The molecule has 1 aromatic carbocycles. The van der Waals surface area contributed by atoms with Gasteiger partial charge in [-0.3, -0.25) is 9.78 Å². The molecule has 0 fully saturated rings. The average molecular weight is 465 g/mol. The van der Waals surface area contributed by atoms with E-state index in [2.05, 4.69) is 15.2 Å². The molecule has 0 aliphatic heterocycles. The molecule has 11 heteroatoms. The van der Waals surface area contributed by atoms with Crippen LogP contribution in [0.5, 0.6) is 0 Å². The molecule has 0 unspecified atom stereocenters. The molecule has 0 amide bonds. The van der Waals surface area contributed by atoms with Gasteiger partial charge in [-0.05, 0) is 24.3 Å². The molecule has 32 heavy (non-hydrogen) atoms. The number of nitrogens with zero attached hydrogens (tertiary/aromatic N) is 4. The van der Waals surface area contributed by atoms with Crippen molar-refractivity contribution in [2.24, 2.45) is 0 Å². The van der Waals surface area contributed by atoms with E-state index in [1.807, 2.05) is 0 Å². The van der Waals surface area contributed by atoms with Crippen molar-refractivity contribution in [1.29, 1.82) is 0 Å². The van der Waals surface area contributed by atoms with Crippen molar-refractivity contribution in [3.05, 3.63) is 71.0 Å². The van der Waals surface area contributed by atoms with Gasteiger partial charge in [-0.2, -0.15) is 18.3 Å². The molecule has 0 bridgehead atoms. The smallest absolute Gasteiger partial charge is 0.355 e. The number of hydrogen-bond acceptors (Lipinski definition) is 5. The van der Waals surface area contributed by atoms with Crippen molar-refractivity contribution in [1.82, 2.24) is 19.9 Å². The number of ketones is 1. The summed E-state index contributed by atoms with van der Waals surface area (Å²) in [5, 5.41) is 7.48. The van der Waals surface area contributed by atoms with E-state index in [4.69, 9.17) is 16.1 Å². The molecule has 4 aromatic rings. The molecule has 3 aromatic heterocycles. The van der Waals surface area contributed by atoms with Crippen molar-refractivity contribution in [3.8, 4) is 28.3 Å². The van der Waals surface area contributed by atoms with Crippen molar-refractivity contribution < 1.29 is 26.9 Å². The Morgan fingerprint density at radius 1 is 1.19 bits per heavy atom. The number of halogens is 5. The number of carbonyl (C=O) groups excluding carboxylic acids is 1. The monoisotopic (exact) mass is 464 g/mol. The standard InChI is InChI=1S/C21H13ClF4N4O2/c1-2-15(31)17-18(16-13(22)6-3-7-14(16)23)29-32-19(17)12-10-28-30(20(12)21(24,25)26)11-5-4-8-27-9-11/h3-10H,2H2,1H3. The van der Waals surface area contributed by atoms with E-state index < -0.39 is 34.8 Å². The highest BCUT2D eigenvalue weighted by Crippen LogP contribution is 2.43. The summed E-state index contributed by atoms with van der Waals surface area (Å²) in [6, 6.07) is 6.66. The summed E-state index contributed by atoms with van der Waals surface area (Å²) in [4.78, 5) is 16.6. The average Bonchev–Trinajstić information content (AvgIpc) is 3.38. The van der Waals surface area contributed by atoms with Crippen LogP contribution in [0.15, 0.2) is 53.4 Å². The highest BCUT2D eigenvalue weighted by Gasteiger charge is 2.41. The predicted octanol–water partition coefficient (Wildman–Crippen LogP) is 5.99. The topological polar surface area (TPSA) is 73.8 Å². The van der Waals surface area contributed by atoms with Crippen molar-refractivity contribution in [2.75, 3.05) is 0 Å². The normalized spacial score (nSPS) is 11.7. The van der Waals surface area contributed by atoms with Gasteiger partial charge in [-0.15, -0.1) is 0 Å². The highest BCUT2D eigenvalue weighted by atomic mass is 35.5. The second kappa shape index (κ2) is 8.19. The number of pyridine rings is 1. The maximum atomic E-state index is 14.5. The maximum absolute atomic E-state index is 14.5. The van der Waals surface area contributed by atoms with E-state index in [0.29, 0.717) is 4.68 Å². The number of benzene rings is 1. The van der Waals surface area contributed by atoms with Gasteiger partial charge in [0.2, 0.25) is 0 Å². The van der Waals surface area contributed by atoms with Gasteiger partial charge >= 0.3 is 6.18 Å². The lowest BCUT2D eigenvalue weighted by Crippen LogP contribution is -2.15. The molecule has 0 saturated heterocycles. The zero-order valence-corrected chi connectivity index (χ0v) is 17.1. The summed E-state index contributed by atoms with van der Waals surface area (Å²) in [5.41, 5.74) is -2.50. The first-order valence-corrected chi connectivity index (χ1v) is 9.65. The van der Waals surface area contributed by atoms with Gasteiger partial charge in [0.05, 0.1) is 39.8 Å². The van der Waals surface area contributed by atoms with E-state index >= 15 is 0 Å². The van der Waals surface area contributed by atoms with Crippen LogP contribution >= 0.6 is 11.6 Å². The molecule has 0 spiro atoms. The SMILES string of the molecule is CCC(=O)c1c(-c2c(F)cccc2Cl)noc1-c1cnn(-c2cccnc2)c1C(F)(F)F. The molecule has 6 nitrogen and oxygen atoms in total. The van der Waals surface area contributed by atoms with Crippen LogP contribution in [0.1, 0.15) is 29.4 Å². The van der Waals surface area contributed by atoms with Crippen molar-refractivity contribution in [2.45, 2.75) is 19.5 Å². The minimum absolute atomic E-state index is 0.0475. The number of aromatic nitrogens is 4. The van der Waals surface area contributed by atoms with Crippen LogP contribution in [0.4, 0.5) is 17.6 Å². The molecule has 0 aliphatic carbocycles. The Hall–Kier alpha value is -3.53. The first-order valence-electron chi connectivity index (χ1n) is 9.27. The molecule has 0 N–H and O–H groups in total. The summed E-state index contributed by atoms with van der Waals surface area (Å²) >= 11 is 6.09. The number of Topliss-reactive ketones (excluding diaryl/α,β-unsaturated/α-hetero) is 1. The third-order valence-corrected chi connectivity index (χ3v) is 4.98. The first-order chi connectivity index (χ1) is 15.2. The second-order valence-corrected chi connectivity index (χ2v) is 7.04. The second-order valence-electron chi connectivity index (χ2n) is 6.64. The van der Waals surface area contributed by atoms with Crippen molar-refractivity contribution in [3.63, 3.8) is 0 Å². The zero-order chi connectivity index (χ0) is 23.0. The molecule has 0 atom stereocenters. The number of rotatable bonds is 5. The van der Waals surface area contributed by atoms with Crippen LogP contribution in [0.25, 0.3) is 28.3 Å². The number of carbonyl (C=O) groups is 1. The molecule has 4 rings (SSSR count). The van der Waals surface area contributed by atoms with Crippen LogP contribution in [0, 0.1) is 5.82 Å². The van der Waals surface area contributed by atoms with E-state index in [-0.39, 0.29) is 34.0 Å². The zero-order valence-electron chi connectivity index (χ0n) is 16.3. The Balaban J connectivity index is 2.01. The first kappa shape index (κ1) is 21.7. The van der Waals surface area contributed by atoms with Crippen LogP contribution in [0.3, 0.4) is 0 Å². The number of hydrogen-bond donors (Lipinski definition) is 0. The molecule has 0 radical (unpaired) electrons. The molecule has 0 saturated carbocycles. The summed E-state index contributed by atoms with van der Waals surface area (Å²) in [7, 11) is 0. The fraction of sp³-hybridized carbons (Fsp3) is 0.143. The van der Waals surface area contributed by atoms with Gasteiger partial charge in [-0.1, -0.05) is 29.7 Å². The van der Waals surface area contributed by atoms with E-state index in [1.54, 1.807) is 0 Å². The molecule has 3 heterocycles. The van der Waals surface area contributed by atoms with E-state index in [0.717, 1.165) is 12.3 Å². The lowest BCUT2D eigenvalue weighted by molar-refractivity contribution is -0.142. The van der Waals surface area contributed by atoms with Crippen molar-refractivity contribution >= 4 is 17.4 Å². The third-order valence-electron chi connectivity index (χ3n) is 4.66. The Kier molecular flexibility index (Phi) is 5.55. The summed E-state index contributed by atoms with van der Waals surface area (Å²) in [6.07, 6.45) is -1.45. The molecular weight excluding hydrogens is 452 g/mol. The fourth-order valence-electron chi connectivity index (χ4n) is 3.27. The molecule has 0 aliphatic rings. The van der Waals surface area contributed by atoms with Gasteiger partial charge in [0.25, 0.3) is 0 Å². The third kappa shape index (κ3) is 3.66. The molecular formula is C21H13ClF4N4O2. The maximum Gasteiger partial charge on any atom is 0.434 e. The Morgan fingerprint density at radius 2 is 1.97 bits per heavy atom. The van der Waals surface area contributed by atoms with Gasteiger partial charge in [0.15, 0.2) is 17.2 Å². The van der Waals surface area contributed by atoms with Gasteiger partial charge in [-0.25, -0.2) is 9.07 Å². The Labute approximate surface area is 183 Å². The van der Waals surface area contributed by atoms with E-state index in [1.165, 1.54) is 43.6 Å². The lowest BCUT2D eigenvalue weighted by Gasteiger charge is -2.12. The summed E-state index contributed by atoms with van der Waals surface area (Å²) in [5.74, 6) is -1.88. The van der Waals surface area contributed by atoms with Gasteiger partial charge in [0, 0.05) is 12.6 Å². The Morgan fingerprint density at radius 3 is 2.59 bits per heavy atom. The van der Waals surface area contributed by atoms with Gasteiger partial charge in [0.1, 0.15) is 11.5 Å². The summed E-state index contributed by atoms with van der Waals surface area (Å²) < 4.78 is 62.6. The Bertz CT molecular complexity index is 1280. The predicted molar refractivity (Wildman–Crippen MR) is 107 cm³/mol. The van der Waals surface area contributed by atoms with Crippen LogP contribution < -0.4 is 0 Å². The van der Waals surface area contributed by atoms with E-state index in [9.17, 15) is 22.4 Å². The largest absolute Gasteiger partial charge is 0.434 e. The van der Waals surface area contributed by atoms with Crippen LogP contribution in [-0.2, 0) is 6.18 Å². The lowest BCUT2D eigenvalue weighted by atomic mass is 9.97. The summed E-state index contributed by atoms with van der Waals surface area (Å²) in [6.45, 7) is 1.51. The van der Waals surface area contributed by atoms with Crippen LogP contribution in [0.2, 0.25) is 5.02 Å². The minimum atomic E-state index is -4.88. The minimum Gasteiger partial charge on any atom is -0.355 e. The van der Waals surface area contributed by atoms with Gasteiger partial charge < -0.3 is 4.52 Å². The number of alkyl halides is 3. The quantitative estimate of drug-likeness (QED) is 0.268.